The fourth-order valence-electron chi connectivity index (χ4n) is 3.31. The van der Waals surface area contributed by atoms with Crippen molar-refractivity contribution in [1.29, 1.82) is 0 Å². The molecular weight excluding hydrogens is 424 g/mol. The Balaban J connectivity index is 1.99. The first-order valence-electron chi connectivity index (χ1n) is 10.9. The number of nitrogens with zero attached hydrogens (tertiary/aromatic N) is 2. The van der Waals surface area contributed by atoms with E-state index in [-0.39, 0.29) is 17.4 Å². The second kappa shape index (κ2) is 12.9. The number of benzene rings is 2. The highest BCUT2D eigenvalue weighted by atomic mass is 32.1. The summed E-state index contributed by atoms with van der Waals surface area (Å²) < 4.78 is 0. The number of carbonyl (C=O) groups is 3. The Kier molecular flexibility index (Phi) is 10.3. The largest absolute Gasteiger partial charge is 0.478 e. The number of likely N-dealkylation sites (N-methyl/N-ethyl adjacent to an activating group) is 1. The van der Waals surface area contributed by atoms with Crippen LogP contribution in [0.3, 0.4) is 0 Å². The van der Waals surface area contributed by atoms with Crippen LogP contribution in [0, 0.1) is 0 Å². The van der Waals surface area contributed by atoms with Gasteiger partial charge < -0.3 is 14.9 Å². The molecule has 32 heavy (non-hydrogen) atoms. The molecule has 0 fully saturated rings. The van der Waals surface area contributed by atoms with Crippen LogP contribution in [0.1, 0.15) is 47.7 Å². The fourth-order valence-corrected chi connectivity index (χ4v) is 3.72. The first kappa shape index (κ1) is 25.5. The van der Waals surface area contributed by atoms with Gasteiger partial charge in [0, 0.05) is 33.1 Å². The second-order valence-corrected chi connectivity index (χ2v) is 8.51. The van der Waals surface area contributed by atoms with E-state index < -0.39 is 11.2 Å². The van der Waals surface area contributed by atoms with Crippen LogP contribution in [0.15, 0.2) is 54.6 Å². The van der Waals surface area contributed by atoms with Crippen LogP contribution in [-0.4, -0.2) is 58.1 Å². The van der Waals surface area contributed by atoms with Crippen molar-refractivity contribution < 1.29 is 19.5 Å². The van der Waals surface area contributed by atoms with Crippen molar-refractivity contribution in [2.24, 2.45) is 0 Å². The lowest BCUT2D eigenvalue weighted by molar-refractivity contribution is -0.134. The zero-order valence-electron chi connectivity index (χ0n) is 18.7. The summed E-state index contributed by atoms with van der Waals surface area (Å²) >= 11 is 4.49. The van der Waals surface area contributed by atoms with E-state index in [1.54, 1.807) is 29.0 Å². The third-order valence-corrected chi connectivity index (χ3v) is 5.71. The number of rotatable bonds is 12. The van der Waals surface area contributed by atoms with Crippen LogP contribution in [-0.2, 0) is 22.6 Å². The van der Waals surface area contributed by atoms with Gasteiger partial charge in [0.15, 0.2) is 0 Å². The zero-order valence-corrected chi connectivity index (χ0v) is 19.6. The van der Waals surface area contributed by atoms with E-state index in [1.807, 2.05) is 37.3 Å². The summed E-state index contributed by atoms with van der Waals surface area (Å²) in [7, 11) is 1.73. The quantitative estimate of drug-likeness (QED) is 0.475. The summed E-state index contributed by atoms with van der Waals surface area (Å²) in [4.78, 5) is 39.9. The molecule has 0 aliphatic heterocycles. The van der Waals surface area contributed by atoms with E-state index in [1.165, 1.54) is 12.1 Å². The molecule has 0 aliphatic carbocycles. The van der Waals surface area contributed by atoms with E-state index in [9.17, 15) is 14.4 Å². The lowest BCUT2D eigenvalue weighted by Crippen LogP contribution is -2.41. The smallest absolute Gasteiger partial charge is 0.335 e. The van der Waals surface area contributed by atoms with Crippen molar-refractivity contribution >= 4 is 30.4 Å². The second-order valence-electron chi connectivity index (χ2n) is 7.89. The van der Waals surface area contributed by atoms with E-state index in [0.29, 0.717) is 32.5 Å². The predicted molar refractivity (Wildman–Crippen MR) is 129 cm³/mol. The summed E-state index contributed by atoms with van der Waals surface area (Å²) in [5.41, 5.74) is 2.11. The zero-order chi connectivity index (χ0) is 23.5. The first-order chi connectivity index (χ1) is 15.3. The molecule has 0 aliphatic rings. The average Bonchev–Trinajstić information content (AvgIpc) is 2.80. The number of unbranched alkanes of at least 4 members (excludes halogenated alkanes) is 1. The molecule has 0 aromatic heterocycles. The number of carboxylic acid groups (broad SMARTS) is 1. The Morgan fingerprint density at radius 3 is 2.22 bits per heavy atom. The fraction of sp³-hybridized carbons (Fsp3) is 0.400. The summed E-state index contributed by atoms with van der Waals surface area (Å²) in [6.07, 6.45) is 2.72. The number of carboxylic acids is 1. The third-order valence-electron chi connectivity index (χ3n) is 5.31. The van der Waals surface area contributed by atoms with Crippen LogP contribution < -0.4 is 0 Å². The molecule has 0 spiro atoms. The van der Waals surface area contributed by atoms with Crippen LogP contribution in [0.2, 0.25) is 0 Å². The Labute approximate surface area is 195 Å². The average molecular weight is 457 g/mol. The Morgan fingerprint density at radius 1 is 0.969 bits per heavy atom. The number of aromatic carboxylic acids is 1. The lowest BCUT2D eigenvalue weighted by Gasteiger charge is -2.27. The maximum absolute atomic E-state index is 12.8. The summed E-state index contributed by atoms with van der Waals surface area (Å²) in [6.45, 7) is 3.21. The minimum Gasteiger partial charge on any atom is -0.478 e. The Bertz CT molecular complexity index is 887. The van der Waals surface area contributed by atoms with Gasteiger partial charge in [-0.05, 0) is 36.1 Å². The van der Waals surface area contributed by atoms with E-state index in [0.717, 1.165) is 24.0 Å². The molecule has 2 aromatic rings. The highest BCUT2D eigenvalue weighted by molar-refractivity contribution is 7.81. The van der Waals surface area contributed by atoms with E-state index in [2.05, 4.69) is 12.6 Å². The molecule has 2 amide bonds. The molecule has 7 heteroatoms. The number of carbonyl (C=O) groups excluding carboxylic acids is 2. The van der Waals surface area contributed by atoms with Gasteiger partial charge >= 0.3 is 5.97 Å². The molecule has 1 N–H and O–H groups in total. The molecule has 0 heterocycles. The van der Waals surface area contributed by atoms with Gasteiger partial charge in [0.05, 0.1) is 10.8 Å². The van der Waals surface area contributed by atoms with Gasteiger partial charge in [-0.1, -0.05) is 55.8 Å². The molecule has 0 saturated carbocycles. The van der Waals surface area contributed by atoms with E-state index in [4.69, 9.17) is 5.11 Å². The molecule has 1 unspecified atom stereocenters. The monoisotopic (exact) mass is 456 g/mol. The molecule has 1 atom stereocenters. The number of hydrogen-bond acceptors (Lipinski definition) is 4. The normalized spacial score (nSPS) is 11.6. The Hall–Kier alpha value is -2.80. The van der Waals surface area contributed by atoms with Crippen molar-refractivity contribution in [2.45, 2.75) is 44.4 Å². The van der Waals surface area contributed by atoms with Crippen LogP contribution >= 0.6 is 12.6 Å². The molecule has 0 radical (unpaired) electrons. The van der Waals surface area contributed by atoms with Gasteiger partial charge in [-0.15, -0.1) is 0 Å². The van der Waals surface area contributed by atoms with Gasteiger partial charge in [-0.3, -0.25) is 9.59 Å². The minimum absolute atomic E-state index is 0.0294. The van der Waals surface area contributed by atoms with Crippen LogP contribution in [0.25, 0.3) is 0 Å². The summed E-state index contributed by atoms with van der Waals surface area (Å²) in [5, 5.41) is 8.62. The maximum atomic E-state index is 12.8. The number of amides is 2. The van der Waals surface area contributed by atoms with E-state index >= 15 is 0 Å². The van der Waals surface area contributed by atoms with Crippen molar-refractivity contribution in [3.63, 3.8) is 0 Å². The van der Waals surface area contributed by atoms with Gasteiger partial charge in [0.25, 0.3) is 0 Å². The van der Waals surface area contributed by atoms with Gasteiger partial charge in [0.2, 0.25) is 11.8 Å². The SMILES string of the molecule is CCCCC(=O)N(CCN(C)C(=O)C(S)Cc1ccccc1)Cc1ccc(C(=O)O)cc1. The maximum Gasteiger partial charge on any atom is 0.335 e. The molecular formula is C25H32N2O4S. The van der Waals surface area contributed by atoms with Gasteiger partial charge in [-0.2, -0.15) is 12.6 Å². The van der Waals surface area contributed by atoms with Gasteiger partial charge in [0.1, 0.15) is 0 Å². The number of hydrogen-bond donors (Lipinski definition) is 2. The third kappa shape index (κ3) is 8.04. The first-order valence-corrected chi connectivity index (χ1v) is 11.4. The number of thiol groups is 1. The molecule has 172 valence electrons. The van der Waals surface area contributed by atoms with Gasteiger partial charge in [-0.25, -0.2) is 4.79 Å². The highest BCUT2D eigenvalue weighted by Gasteiger charge is 2.21. The van der Waals surface area contributed by atoms with Crippen molar-refractivity contribution in [3.05, 3.63) is 71.3 Å². The Morgan fingerprint density at radius 2 is 1.62 bits per heavy atom. The molecule has 2 aromatic carbocycles. The minimum atomic E-state index is -0.982. The van der Waals surface area contributed by atoms with Crippen LogP contribution in [0.5, 0.6) is 0 Å². The summed E-state index contributed by atoms with van der Waals surface area (Å²) in [5.74, 6) is -1.03. The van der Waals surface area contributed by atoms with Crippen molar-refractivity contribution in [1.82, 2.24) is 9.80 Å². The highest BCUT2D eigenvalue weighted by Crippen LogP contribution is 2.13. The molecule has 6 nitrogen and oxygen atoms in total. The topological polar surface area (TPSA) is 77.9 Å². The summed E-state index contributed by atoms with van der Waals surface area (Å²) in [6, 6.07) is 16.3. The lowest BCUT2D eigenvalue weighted by atomic mass is 10.1. The van der Waals surface area contributed by atoms with Crippen molar-refractivity contribution in [2.75, 3.05) is 20.1 Å². The molecule has 2 rings (SSSR count). The standard InChI is InChI=1S/C25H32N2O4S/c1-3-4-10-23(28)27(18-20-11-13-21(14-12-20)25(30)31)16-15-26(2)24(29)22(32)17-19-8-6-5-7-9-19/h5-9,11-14,22,32H,3-4,10,15-18H2,1-2H3,(H,30,31). The molecule has 0 saturated heterocycles. The van der Waals surface area contributed by atoms with Crippen molar-refractivity contribution in [3.8, 4) is 0 Å². The predicted octanol–water partition coefficient (Wildman–Crippen LogP) is 3.90. The van der Waals surface area contributed by atoms with Crippen LogP contribution in [0.4, 0.5) is 0 Å². The molecule has 0 bridgehead atoms.